The number of hydrogen-bond donors (Lipinski definition) is 3. The van der Waals surface area contributed by atoms with Crippen LogP contribution in [0.25, 0.3) is 5.76 Å². The summed E-state index contributed by atoms with van der Waals surface area (Å²) in [4.78, 5) is 13.5. The smallest absolute Gasteiger partial charge is 0.286 e. The molecule has 0 fully saturated rings. The molecule has 0 bridgehead atoms. The maximum Gasteiger partial charge on any atom is 0.286 e. The van der Waals surface area contributed by atoms with Crippen molar-refractivity contribution < 1.29 is 26.7 Å². The van der Waals surface area contributed by atoms with Crippen LogP contribution in [0.1, 0.15) is 39.3 Å². The second-order valence-electron chi connectivity index (χ2n) is 9.15. The Labute approximate surface area is 198 Å². The number of carbonyl (C=O) groups excluding carboxylic acids is 1. The van der Waals surface area contributed by atoms with Gasteiger partial charge in [0, 0.05) is 11.9 Å². The number of sulfonamides is 2. The van der Waals surface area contributed by atoms with Crippen LogP contribution in [0.3, 0.4) is 0 Å². The molecule has 0 amide bonds. The summed E-state index contributed by atoms with van der Waals surface area (Å²) in [6.07, 6.45) is 3.90. The minimum Gasteiger partial charge on any atom is -0.505 e. The largest absolute Gasteiger partial charge is 0.505 e. The second kappa shape index (κ2) is 7.98. The lowest BCUT2D eigenvalue weighted by molar-refractivity contribution is -0.123. The van der Waals surface area contributed by atoms with E-state index in [4.69, 9.17) is 0 Å². The third kappa shape index (κ3) is 4.11. The normalized spacial score (nSPS) is 21.6. The lowest BCUT2D eigenvalue weighted by Crippen LogP contribution is -2.46. The van der Waals surface area contributed by atoms with Crippen molar-refractivity contribution >= 4 is 48.8 Å². The molecular formula is C22H26N4O6S2. The summed E-state index contributed by atoms with van der Waals surface area (Å²) in [5, 5.41) is 13.8. The Kier molecular flexibility index (Phi) is 5.64. The van der Waals surface area contributed by atoms with Gasteiger partial charge in [0.25, 0.3) is 10.0 Å². The standard InChI is InChI=1S/C22H26N4O6S2/c1-13(2)9-10-22(3)20(28)18(19(27)16-6-5-11-26(16)22)21-23-15-8-7-14(24-33(4,29)30)12-17(15)34(31,32)25-21/h5-8,11-13,24,27H,9-10H2,1-4H3,(H,23,25)/t22-/m0/s1. The molecule has 12 heteroatoms. The van der Waals surface area contributed by atoms with Crippen LogP contribution in [0.2, 0.25) is 0 Å². The number of aromatic nitrogens is 1. The Bertz CT molecular complexity index is 1470. The Morgan fingerprint density at radius 1 is 1.26 bits per heavy atom. The number of amidine groups is 1. The number of fused-ring (bicyclic) bond motifs is 2. The molecule has 2 aliphatic rings. The van der Waals surface area contributed by atoms with Crippen molar-refractivity contribution in [1.82, 2.24) is 4.57 Å². The molecule has 0 aliphatic carbocycles. The van der Waals surface area contributed by atoms with Crippen LogP contribution in [0.4, 0.5) is 11.4 Å². The minimum atomic E-state index is -4.31. The summed E-state index contributed by atoms with van der Waals surface area (Å²) in [5.41, 5.74) is -0.684. The van der Waals surface area contributed by atoms with Crippen LogP contribution in [0, 0.1) is 5.92 Å². The Morgan fingerprint density at radius 2 is 1.97 bits per heavy atom. The number of aliphatic hydroxyl groups excluding tert-OH is 1. The molecule has 0 spiro atoms. The quantitative estimate of drug-likeness (QED) is 0.545. The number of nitrogens with one attached hydrogen (secondary N) is 2. The van der Waals surface area contributed by atoms with Gasteiger partial charge in [-0.05, 0) is 56.0 Å². The highest BCUT2D eigenvalue weighted by Gasteiger charge is 2.46. The highest BCUT2D eigenvalue weighted by atomic mass is 32.2. The van der Waals surface area contributed by atoms with E-state index in [-0.39, 0.29) is 33.4 Å². The zero-order valence-corrected chi connectivity index (χ0v) is 20.8. The van der Waals surface area contributed by atoms with Crippen LogP contribution in [-0.2, 0) is 30.4 Å². The fourth-order valence-corrected chi connectivity index (χ4v) is 5.89. The van der Waals surface area contributed by atoms with Gasteiger partial charge < -0.3 is 15.0 Å². The van der Waals surface area contributed by atoms with Crippen molar-refractivity contribution in [2.75, 3.05) is 16.3 Å². The third-order valence-electron chi connectivity index (χ3n) is 5.95. The number of hydrogen-bond acceptors (Lipinski definition) is 7. The lowest BCUT2D eigenvalue weighted by atomic mass is 9.80. The Morgan fingerprint density at radius 3 is 2.62 bits per heavy atom. The molecule has 0 saturated heterocycles. The number of rotatable bonds is 6. The summed E-state index contributed by atoms with van der Waals surface area (Å²) in [6.45, 7) is 5.86. The van der Waals surface area contributed by atoms with Gasteiger partial charge in [-0.1, -0.05) is 13.8 Å². The first kappa shape index (κ1) is 24.0. The fourth-order valence-electron chi connectivity index (χ4n) is 4.19. The van der Waals surface area contributed by atoms with E-state index in [1.54, 1.807) is 29.8 Å². The SMILES string of the molecule is CC(C)CC[C@@]1(C)C(=O)C(C2=NS(=O)(=O)c3cc(NS(C)(=O)=O)ccc3N2)=C(O)c2cccn21. The number of anilines is 2. The Hall–Kier alpha value is -3.12. The van der Waals surface area contributed by atoms with Gasteiger partial charge in [-0.25, -0.2) is 8.42 Å². The number of aliphatic hydroxyl groups is 1. The minimum absolute atomic E-state index is 0.0557. The van der Waals surface area contributed by atoms with Gasteiger partial charge in [0.05, 0.1) is 17.6 Å². The summed E-state index contributed by atoms with van der Waals surface area (Å²) in [6, 6.07) is 7.28. The molecule has 1 aromatic heterocycles. The summed E-state index contributed by atoms with van der Waals surface area (Å²) < 4.78 is 56.8. The molecule has 182 valence electrons. The van der Waals surface area contributed by atoms with Crippen LogP contribution < -0.4 is 10.0 Å². The van der Waals surface area contributed by atoms with Gasteiger partial charge in [0.1, 0.15) is 16.0 Å². The molecule has 1 aromatic carbocycles. The number of carbonyl (C=O) groups is 1. The lowest BCUT2D eigenvalue weighted by Gasteiger charge is -2.37. The first-order valence-corrected chi connectivity index (χ1v) is 14.0. The number of nitrogens with zero attached hydrogens (tertiary/aromatic N) is 2. The predicted octanol–water partition coefficient (Wildman–Crippen LogP) is 3.08. The van der Waals surface area contributed by atoms with E-state index in [1.807, 2.05) is 13.8 Å². The molecule has 3 heterocycles. The molecule has 4 rings (SSSR count). The van der Waals surface area contributed by atoms with Crippen molar-refractivity contribution in [3.8, 4) is 0 Å². The average molecular weight is 507 g/mol. The molecular weight excluding hydrogens is 480 g/mol. The predicted molar refractivity (Wildman–Crippen MR) is 130 cm³/mol. The zero-order valence-electron chi connectivity index (χ0n) is 19.2. The molecule has 0 radical (unpaired) electrons. The van der Waals surface area contributed by atoms with Crippen LogP contribution >= 0.6 is 0 Å². The number of ketones is 1. The molecule has 1 atom stereocenters. The monoisotopic (exact) mass is 506 g/mol. The highest BCUT2D eigenvalue weighted by molar-refractivity contribution is 7.92. The maximum atomic E-state index is 13.7. The first-order valence-electron chi connectivity index (χ1n) is 10.6. The number of Topliss-reactive ketones (excluding diaryl/α,β-unsaturated/α-hetero) is 1. The van der Waals surface area contributed by atoms with E-state index in [1.165, 1.54) is 12.1 Å². The molecule has 0 unspecified atom stereocenters. The van der Waals surface area contributed by atoms with Crippen molar-refractivity contribution in [1.29, 1.82) is 0 Å². The van der Waals surface area contributed by atoms with Crippen LogP contribution in [0.15, 0.2) is 51.4 Å². The first-order chi connectivity index (χ1) is 15.7. The maximum absolute atomic E-state index is 13.7. The Balaban J connectivity index is 1.81. The van der Waals surface area contributed by atoms with Crippen LogP contribution in [0.5, 0.6) is 0 Å². The van der Waals surface area contributed by atoms with E-state index < -0.39 is 31.4 Å². The van der Waals surface area contributed by atoms with Crippen molar-refractivity contribution in [2.24, 2.45) is 10.3 Å². The fraction of sp³-hybridized carbons (Fsp3) is 0.364. The average Bonchev–Trinajstić information content (AvgIpc) is 3.21. The number of benzene rings is 1. The van der Waals surface area contributed by atoms with E-state index in [0.29, 0.717) is 18.0 Å². The van der Waals surface area contributed by atoms with Gasteiger partial charge in [-0.15, -0.1) is 4.40 Å². The van der Waals surface area contributed by atoms with Crippen LogP contribution in [-0.4, -0.2) is 44.4 Å². The van der Waals surface area contributed by atoms with E-state index >= 15 is 0 Å². The molecule has 0 saturated carbocycles. The third-order valence-corrected chi connectivity index (χ3v) is 7.87. The zero-order chi connectivity index (χ0) is 25.1. The van der Waals surface area contributed by atoms with E-state index in [9.17, 15) is 26.7 Å². The highest BCUT2D eigenvalue weighted by Crippen LogP contribution is 2.40. The van der Waals surface area contributed by atoms with E-state index in [2.05, 4.69) is 14.4 Å². The topological polar surface area (TPSA) is 147 Å². The van der Waals surface area contributed by atoms with Crippen molar-refractivity contribution in [3.63, 3.8) is 0 Å². The van der Waals surface area contributed by atoms with Crippen molar-refractivity contribution in [3.05, 3.63) is 47.8 Å². The summed E-state index contributed by atoms with van der Waals surface area (Å²) >= 11 is 0. The molecule has 2 aromatic rings. The van der Waals surface area contributed by atoms with Gasteiger partial charge in [0.15, 0.2) is 17.4 Å². The second-order valence-corrected chi connectivity index (χ2v) is 12.5. The van der Waals surface area contributed by atoms with Gasteiger partial charge in [-0.3, -0.25) is 9.52 Å². The summed E-state index contributed by atoms with van der Waals surface area (Å²) in [7, 11) is -7.93. The van der Waals surface area contributed by atoms with Gasteiger partial charge in [-0.2, -0.15) is 8.42 Å². The van der Waals surface area contributed by atoms with E-state index in [0.717, 1.165) is 18.7 Å². The molecule has 2 aliphatic heterocycles. The van der Waals surface area contributed by atoms with Gasteiger partial charge >= 0.3 is 0 Å². The summed E-state index contributed by atoms with van der Waals surface area (Å²) in [5.74, 6) is -0.757. The van der Waals surface area contributed by atoms with Gasteiger partial charge in [0.2, 0.25) is 10.0 Å². The molecule has 10 nitrogen and oxygen atoms in total. The molecule has 3 N–H and O–H groups in total. The van der Waals surface area contributed by atoms with Crippen molar-refractivity contribution in [2.45, 2.75) is 44.0 Å². The molecule has 34 heavy (non-hydrogen) atoms.